The summed E-state index contributed by atoms with van der Waals surface area (Å²) < 4.78 is 30.9. The van der Waals surface area contributed by atoms with Gasteiger partial charge in [0.2, 0.25) is 5.75 Å². The van der Waals surface area contributed by atoms with Crippen molar-refractivity contribution in [3.63, 3.8) is 0 Å². The number of benzene rings is 1. The minimum absolute atomic E-state index is 0.112. The normalized spacial score (nSPS) is 14.5. The van der Waals surface area contributed by atoms with E-state index < -0.39 is 11.4 Å². The lowest BCUT2D eigenvalue weighted by atomic mass is 10.1. The molecule has 5 nitrogen and oxygen atoms in total. The molecule has 0 saturated carbocycles. The topological polar surface area (TPSA) is 62.8 Å². The number of rotatable bonds is 6. The average Bonchev–Trinajstić information content (AvgIpc) is 2.44. The molecule has 0 aliphatic rings. The highest BCUT2D eigenvalue weighted by atomic mass is 32.2. The summed E-state index contributed by atoms with van der Waals surface area (Å²) in [6.07, 6.45) is 0. The van der Waals surface area contributed by atoms with E-state index in [0.717, 1.165) is 5.56 Å². The molecule has 2 atom stereocenters. The predicted molar refractivity (Wildman–Crippen MR) is 85.5 cm³/mol. The van der Waals surface area contributed by atoms with Crippen LogP contribution in [0.15, 0.2) is 12.1 Å². The van der Waals surface area contributed by atoms with Gasteiger partial charge >= 0.3 is 0 Å². The lowest BCUT2D eigenvalue weighted by molar-refractivity contribution is 0.323. The van der Waals surface area contributed by atoms with E-state index in [1.54, 1.807) is 21.3 Å². The predicted octanol–water partition coefficient (Wildman–Crippen LogP) is 2.83. The fraction of sp³-hybridized carbons (Fsp3) is 0.600. The molecule has 1 rings (SSSR count). The quantitative estimate of drug-likeness (QED) is 0.818. The molecule has 0 heterocycles. The summed E-state index contributed by atoms with van der Waals surface area (Å²) in [5.74, 6) is 1.72. The monoisotopic (exact) mass is 315 g/mol. The summed E-state index contributed by atoms with van der Waals surface area (Å²) in [4.78, 5) is 0. The maximum Gasteiger partial charge on any atom is 0.203 e. The Morgan fingerprint density at radius 1 is 1.05 bits per heavy atom. The van der Waals surface area contributed by atoms with Gasteiger partial charge in [-0.25, -0.2) is 0 Å². The Hall–Kier alpha value is -1.11. The molecule has 0 radical (unpaired) electrons. The van der Waals surface area contributed by atoms with Crippen molar-refractivity contribution in [2.24, 2.45) is 0 Å². The minimum atomic E-state index is -1.16. The van der Waals surface area contributed by atoms with Gasteiger partial charge in [0.05, 0.1) is 27.4 Å². The first kappa shape index (κ1) is 17.9. The zero-order valence-corrected chi connectivity index (χ0v) is 14.6. The van der Waals surface area contributed by atoms with Gasteiger partial charge in [0, 0.05) is 11.4 Å². The van der Waals surface area contributed by atoms with Gasteiger partial charge in [0.1, 0.15) is 4.75 Å². The Balaban J connectivity index is 3.07. The molecule has 0 spiro atoms. The standard InChI is InChI=1S/C15H25NO4S/c1-10(16-21(17)15(2,3)4)11-8-12(18-5)14(20-7)13(9-11)19-6/h8-10,16H,1-7H3/t10-,21?/m1/s1. The van der Waals surface area contributed by atoms with E-state index in [0.29, 0.717) is 17.2 Å². The van der Waals surface area contributed by atoms with E-state index in [1.165, 1.54) is 0 Å². The van der Waals surface area contributed by atoms with E-state index in [1.807, 2.05) is 39.8 Å². The number of nitrogens with one attached hydrogen (secondary N) is 1. The largest absolute Gasteiger partial charge is 0.598 e. The Labute approximate surface area is 130 Å². The minimum Gasteiger partial charge on any atom is -0.598 e. The van der Waals surface area contributed by atoms with Gasteiger partial charge in [0.25, 0.3) is 0 Å². The summed E-state index contributed by atoms with van der Waals surface area (Å²) in [6, 6.07) is 3.61. The summed E-state index contributed by atoms with van der Waals surface area (Å²) in [5, 5.41) is 0. The summed E-state index contributed by atoms with van der Waals surface area (Å²) in [6.45, 7) is 7.73. The van der Waals surface area contributed by atoms with E-state index >= 15 is 0 Å². The van der Waals surface area contributed by atoms with E-state index in [2.05, 4.69) is 4.72 Å². The summed E-state index contributed by atoms with van der Waals surface area (Å²) in [5.41, 5.74) is 0.919. The van der Waals surface area contributed by atoms with Gasteiger partial charge in [0.15, 0.2) is 11.5 Å². The smallest absolute Gasteiger partial charge is 0.203 e. The molecule has 1 N–H and O–H groups in total. The molecule has 120 valence electrons. The molecular formula is C15H25NO4S. The third kappa shape index (κ3) is 4.43. The van der Waals surface area contributed by atoms with Crippen LogP contribution < -0.4 is 18.9 Å². The molecule has 1 aromatic rings. The van der Waals surface area contributed by atoms with Crippen molar-refractivity contribution in [3.8, 4) is 17.2 Å². The third-order valence-electron chi connectivity index (χ3n) is 3.03. The van der Waals surface area contributed by atoms with Crippen LogP contribution >= 0.6 is 0 Å². The number of hydrogen-bond acceptors (Lipinski definition) is 5. The van der Waals surface area contributed by atoms with Crippen LogP contribution in [0.2, 0.25) is 0 Å². The zero-order valence-electron chi connectivity index (χ0n) is 13.8. The number of hydrogen-bond donors (Lipinski definition) is 1. The fourth-order valence-electron chi connectivity index (χ4n) is 1.76. The van der Waals surface area contributed by atoms with E-state index in [9.17, 15) is 4.55 Å². The van der Waals surface area contributed by atoms with Crippen LogP contribution in [0.5, 0.6) is 17.2 Å². The second kappa shape index (κ2) is 7.24. The zero-order chi connectivity index (χ0) is 16.2. The average molecular weight is 315 g/mol. The van der Waals surface area contributed by atoms with Gasteiger partial charge in [-0.05, 0) is 45.4 Å². The Morgan fingerprint density at radius 3 is 1.86 bits per heavy atom. The second-order valence-corrected chi connectivity index (χ2v) is 7.68. The van der Waals surface area contributed by atoms with Crippen LogP contribution in [0.25, 0.3) is 0 Å². The molecule has 0 bridgehead atoms. The van der Waals surface area contributed by atoms with Crippen molar-refractivity contribution in [1.29, 1.82) is 0 Å². The number of ether oxygens (including phenoxy) is 3. The molecule has 0 amide bonds. The van der Waals surface area contributed by atoms with Crippen molar-refractivity contribution < 1.29 is 18.8 Å². The Morgan fingerprint density at radius 2 is 1.52 bits per heavy atom. The van der Waals surface area contributed by atoms with Crippen LogP contribution in [0, 0.1) is 0 Å². The van der Waals surface area contributed by atoms with Gasteiger partial charge in [-0.15, -0.1) is 4.72 Å². The molecule has 6 heteroatoms. The Kier molecular flexibility index (Phi) is 6.19. The molecule has 0 aromatic heterocycles. The van der Waals surface area contributed by atoms with Crippen LogP contribution in [-0.2, 0) is 11.4 Å². The van der Waals surface area contributed by atoms with Gasteiger partial charge < -0.3 is 18.8 Å². The van der Waals surface area contributed by atoms with Gasteiger partial charge in [-0.3, -0.25) is 0 Å². The SMILES string of the molecule is COc1cc([C@@H](C)N[S+]([O-])C(C)(C)C)cc(OC)c1OC. The van der Waals surface area contributed by atoms with Crippen LogP contribution in [0.3, 0.4) is 0 Å². The number of methoxy groups -OCH3 is 3. The lowest BCUT2D eigenvalue weighted by Gasteiger charge is -2.27. The maximum atomic E-state index is 12.2. The highest BCUT2D eigenvalue weighted by Crippen LogP contribution is 2.39. The third-order valence-corrected chi connectivity index (χ3v) is 4.71. The molecule has 1 unspecified atom stereocenters. The lowest BCUT2D eigenvalue weighted by Crippen LogP contribution is -2.40. The van der Waals surface area contributed by atoms with Crippen molar-refractivity contribution >= 4 is 11.4 Å². The maximum absolute atomic E-state index is 12.2. The van der Waals surface area contributed by atoms with Crippen molar-refractivity contribution in [3.05, 3.63) is 17.7 Å². The van der Waals surface area contributed by atoms with Crippen molar-refractivity contribution in [2.75, 3.05) is 21.3 Å². The molecule has 0 aliphatic heterocycles. The molecule has 0 fully saturated rings. The summed E-state index contributed by atoms with van der Waals surface area (Å²) in [7, 11) is 4.72. The second-order valence-electron chi connectivity index (χ2n) is 5.68. The molecule has 0 aliphatic carbocycles. The molecular weight excluding hydrogens is 290 g/mol. The molecule has 1 aromatic carbocycles. The molecule has 21 heavy (non-hydrogen) atoms. The summed E-state index contributed by atoms with van der Waals surface area (Å²) >= 11 is -1.16. The van der Waals surface area contributed by atoms with Crippen molar-refractivity contribution in [1.82, 2.24) is 4.72 Å². The van der Waals surface area contributed by atoms with Crippen LogP contribution in [0.4, 0.5) is 0 Å². The highest BCUT2D eigenvalue weighted by Gasteiger charge is 2.29. The molecule has 0 saturated heterocycles. The first-order chi connectivity index (χ1) is 9.74. The van der Waals surface area contributed by atoms with Crippen LogP contribution in [-0.4, -0.2) is 30.6 Å². The van der Waals surface area contributed by atoms with E-state index in [4.69, 9.17) is 14.2 Å². The fourth-order valence-corrected chi connectivity index (χ4v) is 2.57. The Bertz CT molecular complexity index is 448. The first-order valence-corrected chi connectivity index (χ1v) is 7.87. The van der Waals surface area contributed by atoms with Gasteiger partial charge in [-0.2, -0.15) is 0 Å². The van der Waals surface area contributed by atoms with Crippen molar-refractivity contribution in [2.45, 2.75) is 38.5 Å². The van der Waals surface area contributed by atoms with Crippen LogP contribution in [0.1, 0.15) is 39.3 Å². The van der Waals surface area contributed by atoms with Gasteiger partial charge in [-0.1, -0.05) is 0 Å². The first-order valence-electron chi connectivity index (χ1n) is 6.72. The highest BCUT2D eigenvalue weighted by molar-refractivity contribution is 7.90. The van der Waals surface area contributed by atoms with E-state index in [-0.39, 0.29) is 10.8 Å².